The second kappa shape index (κ2) is 25.6. The molecule has 18 nitrogen and oxygen atoms in total. The molecule has 0 N–H and O–H groups in total. The van der Waals surface area contributed by atoms with Crippen molar-refractivity contribution in [2.45, 2.75) is 69.2 Å². The average Bonchev–Trinajstić information content (AvgIpc) is 3.40. The number of hydrogen-bond acceptors (Lipinski definition) is 16. The van der Waals surface area contributed by atoms with E-state index in [1.54, 1.807) is 56.9 Å². The molecule has 0 amide bonds. The van der Waals surface area contributed by atoms with Crippen LogP contribution in [0.5, 0.6) is 46.0 Å². The van der Waals surface area contributed by atoms with Gasteiger partial charge in [-0.15, -0.1) is 0 Å². The number of esters is 2. The first-order valence-corrected chi connectivity index (χ1v) is 24.4. The fraction of sp³-hybridized carbons (Fsp3) is 0.491. The van der Waals surface area contributed by atoms with Crippen molar-refractivity contribution in [2.24, 2.45) is 0 Å². The molecule has 0 saturated carbocycles. The maximum Gasteiger partial charge on any atom is 0.353 e. The largest absolute Gasteiger partial charge is 0.493 e. The van der Waals surface area contributed by atoms with Crippen molar-refractivity contribution in [1.82, 2.24) is 0 Å². The molecular formula is C55H72N2O16+2. The summed E-state index contributed by atoms with van der Waals surface area (Å²) in [7, 11) is 16.8. The third-order valence-corrected chi connectivity index (χ3v) is 14.5. The topological polar surface area (TPSA) is 179 Å². The molecule has 2 aliphatic heterocycles. The summed E-state index contributed by atoms with van der Waals surface area (Å²) >= 11 is 0. The van der Waals surface area contributed by atoms with E-state index in [1.165, 1.54) is 0 Å². The Bertz CT molecular complexity index is 2360. The Labute approximate surface area is 428 Å². The van der Waals surface area contributed by atoms with E-state index in [4.69, 9.17) is 56.8 Å². The van der Waals surface area contributed by atoms with Crippen molar-refractivity contribution in [2.75, 3.05) is 110 Å². The van der Waals surface area contributed by atoms with E-state index in [1.807, 2.05) is 74.8 Å². The molecule has 4 aromatic carbocycles. The second-order valence-corrected chi connectivity index (χ2v) is 18.7. The van der Waals surface area contributed by atoms with Crippen LogP contribution < -0.4 is 37.9 Å². The zero-order valence-electron chi connectivity index (χ0n) is 43.9. The van der Waals surface area contributed by atoms with E-state index in [9.17, 15) is 19.2 Å². The molecule has 6 unspecified atom stereocenters. The monoisotopic (exact) mass is 1020 g/mol. The van der Waals surface area contributed by atoms with Gasteiger partial charge in [0.1, 0.15) is 25.2 Å². The van der Waals surface area contributed by atoms with Crippen LogP contribution in [-0.2, 0) is 63.8 Å². The van der Waals surface area contributed by atoms with Gasteiger partial charge in [-0.05, 0) is 90.0 Å². The Morgan fingerprint density at radius 3 is 1.18 bits per heavy atom. The smallest absolute Gasteiger partial charge is 0.353 e. The first kappa shape index (κ1) is 55.4. The van der Waals surface area contributed by atoms with Gasteiger partial charge < -0.3 is 65.8 Å². The Morgan fingerprint density at radius 1 is 0.493 bits per heavy atom. The van der Waals surface area contributed by atoms with Gasteiger partial charge in [-0.1, -0.05) is 12.1 Å². The first-order valence-electron chi connectivity index (χ1n) is 24.4. The molecule has 0 bridgehead atoms. The minimum Gasteiger partial charge on any atom is -0.493 e. The van der Waals surface area contributed by atoms with Crippen LogP contribution >= 0.6 is 0 Å². The van der Waals surface area contributed by atoms with Crippen molar-refractivity contribution < 1.29 is 85.0 Å². The van der Waals surface area contributed by atoms with Crippen LogP contribution in [0.25, 0.3) is 0 Å². The zero-order valence-corrected chi connectivity index (χ0v) is 43.9. The number of unbranched alkanes of at least 4 members (excludes halogenated alkanes) is 2. The molecule has 4 aromatic rings. The minimum atomic E-state index is -1.19. The first-order chi connectivity index (χ1) is 35.2. The maximum absolute atomic E-state index is 13.7. The number of nitrogens with zero attached hydrogens (tertiary/aromatic N) is 2. The number of hydrogen-bond donors (Lipinski definition) is 0. The molecule has 6 atom stereocenters. The molecule has 0 aliphatic carbocycles. The van der Waals surface area contributed by atoms with Gasteiger partial charge in [0, 0.05) is 36.8 Å². The standard InChI is InChI=1S/C55H72N2O16/c1-56(20-18-38-28-48(66-7)50(68-9)30-40(38)42(56)24-36-14-16-44(62-3)46(26-36)64-5)32-52(72-34-58)54(60)70-22-12-11-13-23-71-55(61)53(73-35-59)33-57(2)21-19-39-29-49(67-8)51(69-10)31-41(39)43(57)25-37-15-17-45(63-4)47(27-37)65-6/h14-17,26-31,34-35,42-43,52-53H,11-13,18-25,32-33H2,1-10H3/q+2. The molecule has 2 heterocycles. The number of carbonyl (C=O) groups excluding carboxylic acids is 4. The van der Waals surface area contributed by atoms with Crippen LogP contribution in [0.4, 0.5) is 0 Å². The van der Waals surface area contributed by atoms with E-state index in [-0.39, 0.29) is 51.3 Å². The predicted octanol–water partition coefficient (Wildman–Crippen LogP) is 6.37. The number of rotatable bonds is 28. The van der Waals surface area contributed by atoms with Gasteiger partial charge in [0.25, 0.3) is 12.9 Å². The number of quaternary nitrogens is 2. The molecule has 0 spiro atoms. The molecule has 0 saturated heterocycles. The van der Waals surface area contributed by atoms with Gasteiger partial charge in [-0.2, -0.15) is 0 Å². The number of carbonyl (C=O) groups is 4. The number of methoxy groups -OCH3 is 8. The lowest BCUT2D eigenvalue weighted by molar-refractivity contribution is -0.943. The molecule has 0 fully saturated rings. The van der Waals surface area contributed by atoms with E-state index in [2.05, 4.69) is 0 Å². The van der Waals surface area contributed by atoms with Crippen LogP contribution in [0, 0.1) is 0 Å². The zero-order chi connectivity index (χ0) is 52.7. The van der Waals surface area contributed by atoms with E-state index >= 15 is 0 Å². The predicted molar refractivity (Wildman–Crippen MR) is 268 cm³/mol. The van der Waals surface area contributed by atoms with Crippen LogP contribution in [0.2, 0.25) is 0 Å². The SMILES string of the molecule is COc1ccc(CC2c3cc(OC)c(OC)cc3CC[N+]2(C)CC(OC=O)C(=O)OCCCCCOC(=O)C(C[N+]2(C)CCc3cc(OC)c(OC)cc3C2Cc2ccc(OC)c(OC)c2)OC=O)cc1OC. The van der Waals surface area contributed by atoms with Crippen LogP contribution in [0.15, 0.2) is 60.7 Å². The number of ether oxygens (including phenoxy) is 12. The van der Waals surface area contributed by atoms with E-state index in [0.717, 1.165) is 33.4 Å². The number of benzene rings is 4. The summed E-state index contributed by atoms with van der Waals surface area (Å²) in [4.78, 5) is 51.2. The fourth-order valence-electron chi connectivity index (χ4n) is 10.4. The van der Waals surface area contributed by atoms with Crippen molar-refractivity contribution in [3.8, 4) is 46.0 Å². The number of likely N-dealkylation sites (N-methyl/N-ethyl adjacent to an activating group) is 2. The summed E-state index contributed by atoms with van der Waals surface area (Å²) in [6.07, 6.45) is 1.52. The van der Waals surface area contributed by atoms with Crippen LogP contribution in [-0.4, -0.2) is 156 Å². The minimum absolute atomic E-state index is 0.0520. The van der Waals surface area contributed by atoms with Gasteiger partial charge in [-0.3, -0.25) is 9.59 Å². The Morgan fingerprint density at radius 2 is 0.836 bits per heavy atom. The van der Waals surface area contributed by atoms with Gasteiger partial charge >= 0.3 is 11.9 Å². The summed E-state index contributed by atoms with van der Waals surface area (Å²) in [6, 6.07) is 19.1. The van der Waals surface area contributed by atoms with Gasteiger partial charge in [0.05, 0.1) is 97.3 Å². The summed E-state index contributed by atoms with van der Waals surface area (Å²) in [6.45, 7) is 2.21. The molecule has 0 radical (unpaired) electrons. The highest BCUT2D eigenvalue weighted by atomic mass is 16.6. The highest BCUT2D eigenvalue weighted by molar-refractivity contribution is 5.76. The van der Waals surface area contributed by atoms with Gasteiger partial charge in [-0.25, -0.2) is 9.59 Å². The third-order valence-electron chi connectivity index (χ3n) is 14.5. The second-order valence-electron chi connectivity index (χ2n) is 18.7. The normalized spacial score (nSPS) is 19.6. The number of fused-ring (bicyclic) bond motifs is 2. The molecule has 73 heavy (non-hydrogen) atoms. The summed E-state index contributed by atoms with van der Waals surface area (Å²) < 4.78 is 68.0. The molecule has 18 heteroatoms. The third kappa shape index (κ3) is 13.0. The highest BCUT2D eigenvalue weighted by Gasteiger charge is 2.46. The Kier molecular flexibility index (Phi) is 19.5. The summed E-state index contributed by atoms with van der Waals surface area (Å²) in [5.41, 5.74) is 6.19. The van der Waals surface area contributed by atoms with Crippen LogP contribution in [0.3, 0.4) is 0 Å². The Hall–Kier alpha value is -6.92. The molecule has 396 valence electrons. The van der Waals surface area contributed by atoms with Crippen molar-refractivity contribution in [1.29, 1.82) is 0 Å². The van der Waals surface area contributed by atoms with E-state index in [0.29, 0.717) is 113 Å². The summed E-state index contributed by atoms with van der Waals surface area (Å²) in [5.74, 6) is 3.48. The van der Waals surface area contributed by atoms with Gasteiger partial charge in [0.2, 0.25) is 12.2 Å². The van der Waals surface area contributed by atoms with Crippen LogP contribution in [0.1, 0.15) is 64.7 Å². The average molecular weight is 1020 g/mol. The molecular weight excluding hydrogens is 945 g/mol. The lowest BCUT2D eigenvalue weighted by atomic mass is 9.86. The quantitative estimate of drug-likeness (QED) is 0.0201. The maximum atomic E-state index is 13.7. The van der Waals surface area contributed by atoms with Crippen molar-refractivity contribution in [3.05, 3.63) is 94.0 Å². The molecule has 0 aromatic heterocycles. The lowest BCUT2D eigenvalue weighted by Gasteiger charge is -2.46. The Balaban J connectivity index is 1.07. The lowest BCUT2D eigenvalue weighted by Crippen LogP contribution is -2.57. The molecule has 6 rings (SSSR count). The highest BCUT2D eigenvalue weighted by Crippen LogP contribution is 2.45. The molecule has 2 aliphatic rings. The van der Waals surface area contributed by atoms with Crippen molar-refractivity contribution >= 4 is 24.9 Å². The van der Waals surface area contributed by atoms with Gasteiger partial charge in [0.15, 0.2) is 46.0 Å². The summed E-state index contributed by atoms with van der Waals surface area (Å²) in [5, 5.41) is 0. The van der Waals surface area contributed by atoms with Crippen molar-refractivity contribution in [3.63, 3.8) is 0 Å². The fourth-order valence-corrected chi connectivity index (χ4v) is 10.4. The van der Waals surface area contributed by atoms with E-state index < -0.39 is 24.1 Å².